The normalized spacial score (nSPS) is 13.6. The van der Waals surface area contributed by atoms with Crippen molar-refractivity contribution in [2.24, 2.45) is 5.73 Å². The Hall–Kier alpha value is -0.440. The fraction of sp³-hybridized carbons (Fsp3) is 0.667. The first-order valence-corrected chi connectivity index (χ1v) is 7.48. The summed E-state index contributed by atoms with van der Waals surface area (Å²) in [5.74, 6) is 0. The van der Waals surface area contributed by atoms with E-state index in [4.69, 9.17) is 5.73 Å². The second-order valence-corrected chi connectivity index (χ2v) is 7.03. The van der Waals surface area contributed by atoms with Gasteiger partial charge < -0.3 is 5.73 Å². The van der Waals surface area contributed by atoms with Crippen LogP contribution in [0.5, 0.6) is 0 Å². The molecule has 0 heterocycles. The van der Waals surface area contributed by atoms with Crippen molar-refractivity contribution < 1.29 is 16.8 Å². The summed E-state index contributed by atoms with van der Waals surface area (Å²) in [6.45, 7) is 0.364. The SMILES string of the molecule is CS(=O)(=O)CS(=O)(=O)NC/C=C/CN. The third-order valence-corrected chi connectivity index (χ3v) is 4.65. The van der Waals surface area contributed by atoms with Gasteiger partial charge in [-0.3, -0.25) is 0 Å². The maximum atomic E-state index is 11.1. The predicted octanol–water partition coefficient (Wildman–Crippen LogP) is -1.58. The molecule has 8 heteroatoms. The number of sulfonamides is 1. The predicted molar refractivity (Wildman–Crippen MR) is 54.8 cm³/mol. The zero-order valence-electron chi connectivity index (χ0n) is 7.80. The van der Waals surface area contributed by atoms with Gasteiger partial charge in [0.2, 0.25) is 10.0 Å². The quantitative estimate of drug-likeness (QED) is 0.547. The first-order valence-electron chi connectivity index (χ1n) is 3.77. The Morgan fingerprint density at radius 2 is 1.79 bits per heavy atom. The zero-order chi connectivity index (χ0) is 11.2. The van der Waals surface area contributed by atoms with Crippen LogP contribution in [0.15, 0.2) is 12.2 Å². The van der Waals surface area contributed by atoms with Crippen molar-refractivity contribution in [2.75, 3.05) is 24.4 Å². The van der Waals surface area contributed by atoms with Crippen LogP contribution >= 0.6 is 0 Å². The molecule has 0 atom stereocenters. The van der Waals surface area contributed by atoms with E-state index in [0.717, 1.165) is 6.26 Å². The third kappa shape index (κ3) is 8.17. The van der Waals surface area contributed by atoms with Crippen molar-refractivity contribution in [1.82, 2.24) is 4.72 Å². The minimum atomic E-state index is -3.75. The standard InChI is InChI=1S/C6H14N2O4S2/c1-13(9,10)6-14(11,12)8-5-3-2-4-7/h2-3,8H,4-7H2,1H3/b3-2+. The molecule has 0 bridgehead atoms. The Kier molecular flexibility index (Phi) is 5.27. The molecular weight excluding hydrogens is 228 g/mol. The molecule has 0 aliphatic carbocycles. The van der Waals surface area contributed by atoms with Gasteiger partial charge in [-0.05, 0) is 0 Å². The molecule has 0 aromatic carbocycles. The van der Waals surface area contributed by atoms with E-state index < -0.39 is 24.9 Å². The van der Waals surface area contributed by atoms with Gasteiger partial charge in [0.25, 0.3) is 0 Å². The molecule has 0 unspecified atom stereocenters. The van der Waals surface area contributed by atoms with Crippen LogP contribution in [0.4, 0.5) is 0 Å². The largest absolute Gasteiger partial charge is 0.327 e. The molecule has 0 aliphatic rings. The van der Waals surface area contributed by atoms with Crippen LogP contribution < -0.4 is 10.5 Å². The molecule has 0 aliphatic heterocycles. The van der Waals surface area contributed by atoms with Gasteiger partial charge in [0, 0.05) is 19.3 Å². The summed E-state index contributed by atoms with van der Waals surface area (Å²) < 4.78 is 45.6. The summed E-state index contributed by atoms with van der Waals surface area (Å²) in [5, 5.41) is -0.892. The highest BCUT2D eigenvalue weighted by atomic mass is 32.3. The van der Waals surface area contributed by atoms with E-state index >= 15 is 0 Å². The van der Waals surface area contributed by atoms with E-state index in [2.05, 4.69) is 4.72 Å². The minimum absolute atomic E-state index is 0.0506. The summed E-state index contributed by atoms with van der Waals surface area (Å²) >= 11 is 0. The molecule has 0 amide bonds. The number of hydrogen-bond donors (Lipinski definition) is 2. The maximum Gasteiger partial charge on any atom is 0.226 e. The lowest BCUT2D eigenvalue weighted by atomic mass is 10.5. The lowest BCUT2D eigenvalue weighted by Gasteiger charge is -2.01. The summed E-state index contributed by atoms with van der Waals surface area (Å²) in [6.07, 6.45) is 3.95. The van der Waals surface area contributed by atoms with Crippen LogP contribution in [0.1, 0.15) is 0 Å². The molecule has 0 aromatic rings. The van der Waals surface area contributed by atoms with Gasteiger partial charge in [-0.1, -0.05) is 12.2 Å². The number of nitrogens with one attached hydrogen (secondary N) is 1. The molecule has 84 valence electrons. The average Bonchev–Trinajstić information content (AvgIpc) is 1.93. The molecule has 0 saturated heterocycles. The van der Waals surface area contributed by atoms with Crippen molar-refractivity contribution in [3.63, 3.8) is 0 Å². The average molecular weight is 242 g/mol. The molecule has 3 N–H and O–H groups in total. The minimum Gasteiger partial charge on any atom is -0.327 e. The molecule has 0 saturated carbocycles. The molecule has 0 radical (unpaired) electrons. The zero-order valence-corrected chi connectivity index (χ0v) is 9.44. The molecule has 0 spiro atoms. The topological polar surface area (TPSA) is 106 Å². The fourth-order valence-corrected chi connectivity index (χ4v) is 3.62. The van der Waals surface area contributed by atoms with Crippen molar-refractivity contribution in [3.8, 4) is 0 Å². The van der Waals surface area contributed by atoms with E-state index in [1.54, 1.807) is 6.08 Å². The monoisotopic (exact) mass is 242 g/mol. The molecule has 0 rings (SSSR count). The molecule has 0 fully saturated rings. The summed E-state index contributed by atoms with van der Waals surface area (Å²) in [5.41, 5.74) is 5.12. The molecular formula is C6H14N2O4S2. The second-order valence-electron chi connectivity index (χ2n) is 2.71. The Morgan fingerprint density at radius 3 is 2.21 bits per heavy atom. The maximum absolute atomic E-state index is 11.1. The Labute approximate surface area is 84.2 Å². The van der Waals surface area contributed by atoms with Crippen LogP contribution in [0.2, 0.25) is 0 Å². The number of sulfone groups is 1. The number of nitrogens with two attached hydrogens (primary N) is 1. The first kappa shape index (κ1) is 13.6. The lowest BCUT2D eigenvalue weighted by Crippen LogP contribution is -2.29. The van der Waals surface area contributed by atoms with Crippen LogP contribution in [0, 0.1) is 0 Å². The van der Waals surface area contributed by atoms with E-state index in [9.17, 15) is 16.8 Å². The Morgan fingerprint density at radius 1 is 1.21 bits per heavy atom. The summed E-state index contributed by atoms with van der Waals surface area (Å²) in [4.78, 5) is 0. The van der Waals surface area contributed by atoms with Gasteiger partial charge in [0.05, 0.1) is 0 Å². The van der Waals surface area contributed by atoms with Crippen molar-refractivity contribution >= 4 is 19.9 Å². The Balaban J connectivity index is 4.17. The van der Waals surface area contributed by atoms with Crippen LogP contribution in [-0.4, -0.2) is 41.3 Å². The van der Waals surface area contributed by atoms with Crippen molar-refractivity contribution in [2.45, 2.75) is 0 Å². The van der Waals surface area contributed by atoms with E-state index in [-0.39, 0.29) is 6.54 Å². The lowest BCUT2D eigenvalue weighted by molar-refractivity contribution is 0.584. The van der Waals surface area contributed by atoms with Gasteiger partial charge in [0.15, 0.2) is 14.9 Å². The fourth-order valence-electron chi connectivity index (χ4n) is 0.678. The highest BCUT2D eigenvalue weighted by molar-refractivity contribution is 8.06. The van der Waals surface area contributed by atoms with Crippen molar-refractivity contribution in [1.29, 1.82) is 0 Å². The molecule has 0 aromatic heterocycles. The number of rotatable bonds is 6. The van der Waals surface area contributed by atoms with Crippen molar-refractivity contribution in [3.05, 3.63) is 12.2 Å². The summed E-state index contributed by atoms with van der Waals surface area (Å²) in [6, 6.07) is 0. The highest BCUT2D eigenvalue weighted by Crippen LogP contribution is 1.91. The van der Waals surface area contributed by atoms with Crippen LogP contribution in [0.3, 0.4) is 0 Å². The summed E-state index contributed by atoms with van der Waals surface area (Å²) in [7, 11) is -7.27. The first-order chi connectivity index (χ1) is 6.27. The van der Waals surface area contributed by atoms with Gasteiger partial charge in [-0.15, -0.1) is 0 Å². The molecule has 6 nitrogen and oxygen atoms in total. The highest BCUT2D eigenvalue weighted by Gasteiger charge is 2.16. The van der Waals surface area contributed by atoms with Gasteiger partial charge in [-0.2, -0.15) is 0 Å². The van der Waals surface area contributed by atoms with Gasteiger partial charge >= 0.3 is 0 Å². The van der Waals surface area contributed by atoms with Crippen LogP contribution in [-0.2, 0) is 19.9 Å². The van der Waals surface area contributed by atoms with E-state index in [1.807, 2.05) is 0 Å². The van der Waals surface area contributed by atoms with Gasteiger partial charge in [-0.25, -0.2) is 21.6 Å². The molecule has 14 heavy (non-hydrogen) atoms. The van der Waals surface area contributed by atoms with Crippen LogP contribution in [0.25, 0.3) is 0 Å². The Bertz CT molecular complexity index is 382. The van der Waals surface area contributed by atoms with E-state index in [0.29, 0.717) is 6.54 Å². The van der Waals surface area contributed by atoms with Gasteiger partial charge in [0.1, 0.15) is 0 Å². The van der Waals surface area contributed by atoms with E-state index in [1.165, 1.54) is 6.08 Å². The third-order valence-electron chi connectivity index (χ3n) is 1.09. The second kappa shape index (κ2) is 5.44. The smallest absolute Gasteiger partial charge is 0.226 e. The number of hydrogen-bond acceptors (Lipinski definition) is 5.